The third-order valence-corrected chi connectivity index (χ3v) is 2.24. The average molecular weight is 172 g/mol. The summed E-state index contributed by atoms with van der Waals surface area (Å²) in [6.07, 6.45) is 0.861. The van der Waals surface area contributed by atoms with Gasteiger partial charge in [0.2, 0.25) is 0 Å². The lowest BCUT2D eigenvalue weighted by Crippen LogP contribution is -2.36. The Bertz CT molecular complexity index is 171. The van der Waals surface area contributed by atoms with E-state index in [-0.39, 0.29) is 11.4 Å². The van der Waals surface area contributed by atoms with Gasteiger partial charge in [0.05, 0.1) is 25.7 Å². The number of hydrogen-bond donors (Lipinski definition) is 0. The van der Waals surface area contributed by atoms with Crippen molar-refractivity contribution >= 4 is 5.97 Å². The summed E-state index contributed by atoms with van der Waals surface area (Å²) in [4.78, 5) is 11.2. The highest BCUT2D eigenvalue weighted by Crippen LogP contribution is 2.30. The van der Waals surface area contributed by atoms with Crippen molar-refractivity contribution in [3.8, 4) is 0 Å². The molecule has 1 fully saturated rings. The highest BCUT2D eigenvalue weighted by atomic mass is 16.5. The molecule has 70 valence electrons. The van der Waals surface area contributed by atoms with Crippen LogP contribution in [-0.2, 0) is 14.3 Å². The minimum atomic E-state index is -0.358. The maximum absolute atomic E-state index is 11.2. The molecular weight excluding hydrogens is 156 g/mol. The minimum Gasteiger partial charge on any atom is -0.469 e. The van der Waals surface area contributed by atoms with Crippen LogP contribution < -0.4 is 0 Å². The smallest absolute Gasteiger partial charge is 0.311 e. The fraction of sp³-hybridized carbons (Fsp3) is 0.889. The summed E-state index contributed by atoms with van der Waals surface area (Å²) in [7, 11) is 1.43. The third kappa shape index (κ3) is 1.97. The van der Waals surface area contributed by atoms with Crippen LogP contribution in [0.1, 0.15) is 20.3 Å². The molecule has 3 heteroatoms. The van der Waals surface area contributed by atoms with Gasteiger partial charge in [0, 0.05) is 5.92 Å². The maximum Gasteiger partial charge on any atom is 0.311 e. The average Bonchev–Trinajstić information content (AvgIpc) is 1.95. The Morgan fingerprint density at radius 1 is 1.58 bits per heavy atom. The molecule has 0 N–H and O–H groups in total. The molecule has 3 nitrogen and oxygen atoms in total. The Morgan fingerprint density at radius 2 is 2.17 bits per heavy atom. The van der Waals surface area contributed by atoms with Crippen LogP contribution in [0, 0.1) is 11.3 Å². The van der Waals surface area contributed by atoms with E-state index in [2.05, 4.69) is 0 Å². The quantitative estimate of drug-likeness (QED) is 0.600. The van der Waals surface area contributed by atoms with E-state index in [1.807, 2.05) is 13.8 Å². The first-order chi connectivity index (χ1) is 5.56. The number of hydrogen-bond acceptors (Lipinski definition) is 3. The Kier molecular flexibility index (Phi) is 2.73. The van der Waals surface area contributed by atoms with Gasteiger partial charge < -0.3 is 9.47 Å². The van der Waals surface area contributed by atoms with Crippen molar-refractivity contribution in [2.75, 3.05) is 20.3 Å². The van der Waals surface area contributed by atoms with Crippen molar-refractivity contribution < 1.29 is 14.3 Å². The summed E-state index contributed by atoms with van der Waals surface area (Å²) in [6, 6.07) is 0. The molecule has 0 aliphatic carbocycles. The molecule has 0 aromatic heterocycles. The third-order valence-electron chi connectivity index (χ3n) is 2.24. The van der Waals surface area contributed by atoms with E-state index in [1.54, 1.807) is 0 Å². The highest BCUT2D eigenvalue weighted by molar-refractivity contribution is 5.75. The van der Waals surface area contributed by atoms with Gasteiger partial charge in [-0.3, -0.25) is 4.79 Å². The second kappa shape index (κ2) is 3.44. The highest BCUT2D eigenvalue weighted by Gasteiger charge is 2.34. The second-order valence-corrected chi connectivity index (χ2v) is 3.98. The van der Waals surface area contributed by atoms with Crippen LogP contribution in [0.15, 0.2) is 0 Å². The van der Waals surface area contributed by atoms with E-state index < -0.39 is 0 Å². The molecule has 0 bridgehead atoms. The van der Waals surface area contributed by atoms with E-state index in [0.717, 1.165) is 19.6 Å². The number of rotatable bonds is 3. The number of methoxy groups -OCH3 is 1. The lowest BCUT2D eigenvalue weighted by atomic mass is 9.82. The van der Waals surface area contributed by atoms with Crippen molar-refractivity contribution in [1.29, 1.82) is 0 Å². The molecule has 0 spiro atoms. The van der Waals surface area contributed by atoms with Crippen molar-refractivity contribution in [1.82, 2.24) is 0 Å². The van der Waals surface area contributed by atoms with Crippen molar-refractivity contribution in [2.24, 2.45) is 11.3 Å². The molecule has 1 aliphatic heterocycles. The van der Waals surface area contributed by atoms with Gasteiger partial charge in [-0.15, -0.1) is 0 Å². The monoisotopic (exact) mass is 172 g/mol. The van der Waals surface area contributed by atoms with Gasteiger partial charge in [-0.2, -0.15) is 0 Å². The first-order valence-electron chi connectivity index (χ1n) is 4.22. The van der Waals surface area contributed by atoms with E-state index >= 15 is 0 Å². The van der Waals surface area contributed by atoms with Crippen molar-refractivity contribution in [3.63, 3.8) is 0 Å². The molecule has 0 radical (unpaired) electrons. The van der Waals surface area contributed by atoms with Crippen LogP contribution in [0.4, 0.5) is 0 Å². The molecule has 0 aromatic carbocycles. The van der Waals surface area contributed by atoms with E-state index in [4.69, 9.17) is 9.47 Å². The molecule has 1 saturated heterocycles. The predicted molar refractivity (Wildman–Crippen MR) is 44.7 cm³/mol. The van der Waals surface area contributed by atoms with Crippen LogP contribution in [0.3, 0.4) is 0 Å². The first-order valence-corrected chi connectivity index (χ1v) is 4.22. The molecule has 0 aromatic rings. The summed E-state index contributed by atoms with van der Waals surface area (Å²) in [5.41, 5.74) is -0.358. The lowest BCUT2D eigenvalue weighted by Gasteiger charge is -2.32. The fourth-order valence-corrected chi connectivity index (χ4v) is 1.48. The Balaban J connectivity index is 2.40. The van der Waals surface area contributed by atoms with Crippen molar-refractivity contribution in [3.05, 3.63) is 0 Å². The van der Waals surface area contributed by atoms with Gasteiger partial charge in [0.1, 0.15) is 0 Å². The SMILES string of the molecule is COC(=O)C(C)(C)CC1COC1. The summed E-state index contributed by atoms with van der Waals surface area (Å²) in [6.45, 7) is 5.41. The number of ether oxygens (including phenoxy) is 2. The van der Waals surface area contributed by atoms with Gasteiger partial charge >= 0.3 is 5.97 Å². The molecule has 0 unspecified atom stereocenters. The number of carbonyl (C=O) groups is 1. The van der Waals surface area contributed by atoms with Crippen LogP contribution >= 0.6 is 0 Å². The van der Waals surface area contributed by atoms with Gasteiger partial charge in [-0.05, 0) is 20.3 Å². The molecular formula is C9H16O3. The number of carbonyl (C=O) groups excluding carboxylic acids is 1. The van der Waals surface area contributed by atoms with Crippen LogP contribution in [0.5, 0.6) is 0 Å². The standard InChI is InChI=1S/C9H16O3/c1-9(2,8(10)11-3)4-7-5-12-6-7/h7H,4-6H2,1-3H3. The topological polar surface area (TPSA) is 35.5 Å². The molecule has 0 amide bonds. The zero-order chi connectivity index (χ0) is 9.19. The van der Waals surface area contributed by atoms with Gasteiger partial charge in [-0.25, -0.2) is 0 Å². The van der Waals surface area contributed by atoms with Gasteiger partial charge in [0.25, 0.3) is 0 Å². The van der Waals surface area contributed by atoms with Crippen LogP contribution in [0.25, 0.3) is 0 Å². The molecule has 12 heavy (non-hydrogen) atoms. The summed E-state index contributed by atoms with van der Waals surface area (Å²) >= 11 is 0. The van der Waals surface area contributed by atoms with Crippen molar-refractivity contribution in [2.45, 2.75) is 20.3 Å². The Labute approximate surface area is 73.0 Å². The molecule has 1 heterocycles. The maximum atomic E-state index is 11.2. The van der Waals surface area contributed by atoms with E-state index in [9.17, 15) is 4.79 Å². The fourth-order valence-electron chi connectivity index (χ4n) is 1.48. The normalized spacial score (nSPS) is 18.6. The number of esters is 1. The van der Waals surface area contributed by atoms with Crippen LogP contribution in [0.2, 0.25) is 0 Å². The second-order valence-electron chi connectivity index (χ2n) is 3.98. The molecule has 1 aliphatic rings. The minimum absolute atomic E-state index is 0.130. The predicted octanol–water partition coefficient (Wildman–Crippen LogP) is 1.22. The van der Waals surface area contributed by atoms with Crippen LogP contribution in [-0.4, -0.2) is 26.3 Å². The molecule has 0 saturated carbocycles. The zero-order valence-electron chi connectivity index (χ0n) is 7.92. The lowest BCUT2D eigenvalue weighted by molar-refractivity contribution is -0.154. The largest absolute Gasteiger partial charge is 0.469 e. The first kappa shape index (κ1) is 9.52. The molecule has 0 atom stereocenters. The van der Waals surface area contributed by atoms with E-state index in [1.165, 1.54) is 7.11 Å². The summed E-state index contributed by atoms with van der Waals surface area (Å²) in [5.74, 6) is 0.411. The molecule has 1 rings (SSSR count). The Morgan fingerprint density at radius 3 is 2.50 bits per heavy atom. The van der Waals surface area contributed by atoms with Gasteiger partial charge in [-0.1, -0.05) is 0 Å². The summed E-state index contributed by atoms with van der Waals surface area (Å²) < 4.78 is 9.75. The summed E-state index contributed by atoms with van der Waals surface area (Å²) in [5, 5.41) is 0. The zero-order valence-corrected chi connectivity index (χ0v) is 7.92. The Hall–Kier alpha value is -0.570. The van der Waals surface area contributed by atoms with E-state index in [0.29, 0.717) is 5.92 Å². The van der Waals surface area contributed by atoms with Gasteiger partial charge in [0.15, 0.2) is 0 Å².